The minimum absolute atomic E-state index is 0.0396. The maximum absolute atomic E-state index is 10.7. The van der Waals surface area contributed by atoms with E-state index >= 15 is 0 Å². The predicted octanol–water partition coefficient (Wildman–Crippen LogP) is 3.32. The van der Waals surface area contributed by atoms with Gasteiger partial charge < -0.3 is 20.6 Å². The molecule has 2 fully saturated rings. The van der Waals surface area contributed by atoms with Crippen LogP contribution in [0.2, 0.25) is 5.02 Å². The highest BCUT2D eigenvalue weighted by molar-refractivity contribution is 7.99. The first-order valence-electron chi connectivity index (χ1n) is 12.2. The number of hydrogen-bond acceptors (Lipinski definition) is 9. The Morgan fingerprint density at radius 1 is 1.20 bits per heavy atom. The first-order chi connectivity index (χ1) is 16.9. The summed E-state index contributed by atoms with van der Waals surface area (Å²) in [5.41, 5.74) is 3.35. The van der Waals surface area contributed by atoms with Crippen LogP contribution in [-0.2, 0) is 0 Å². The van der Waals surface area contributed by atoms with E-state index in [4.69, 9.17) is 21.6 Å². The van der Waals surface area contributed by atoms with Crippen molar-refractivity contribution in [3.63, 3.8) is 0 Å². The number of halogens is 1. The van der Waals surface area contributed by atoms with E-state index in [0.29, 0.717) is 40.9 Å². The zero-order valence-electron chi connectivity index (χ0n) is 19.8. The highest BCUT2D eigenvalue weighted by Crippen LogP contribution is 2.44. The number of aliphatic hydroxyl groups excluding tert-OH is 3. The van der Waals surface area contributed by atoms with Crippen LogP contribution < -0.4 is 5.32 Å². The molecule has 0 amide bonds. The first-order valence-corrected chi connectivity index (χ1v) is 13.5. The highest BCUT2D eigenvalue weighted by atomic mass is 35.5. The van der Waals surface area contributed by atoms with Crippen LogP contribution >= 0.6 is 23.4 Å². The van der Waals surface area contributed by atoms with Crippen LogP contribution in [0.25, 0.3) is 11.2 Å². The monoisotopic (exact) mass is 518 g/mol. The van der Waals surface area contributed by atoms with E-state index in [1.165, 1.54) is 5.56 Å². The van der Waals surface area contributed by atoms with Gasteiger partial charge in [-0.05, 0) is 55.7 Å². The second-order valence-electron chi connectivity index (χ2n) is 9.57. The van der Waals surface area contributed by atoms with Gasteiger partial charge >= 0.3 is 0 Å². The van der Waals surface area contributed by atoms with Crippen LogP contribution in [0.1, 0.15) is 55.7 Å². The molecule has 2 aliphatic carbocycles. The Morgan fingerprint density at radius 3 is 2.77 bits per heavy atom. The van der Waals surface area contributed by atoms with Gasteiger partial charge in [-0.15, -0.1) is 5.10 Å². The summed E-state index contributed by atoms with van der Waals surface area (Å²) < 4.78 is 1.62. The summed E-state index contributed by atoms with van der Waals surface area (Å²) in [5, 5.41) is 44.2. The van der Waals surface area contributed by atoms with Gasteiger partial charge in [0.25, 0.3) is 0 Å². The molecule has 3 aromatic rings. The molecule has 0 bridgehead atoms. The van der Waals surface area contributed by atoms with Crippen molar-refractivity contribution in [1.29, 1.82) is 0 Å². The quantitative estimate of drug-likeness (QED) is 0.249. The Labute approximate surface area is 213 Å². The molecule has 0 saturated heterocycles. The average Bonchev–Trinajstić information content (AvgIpc) is 3.39. The molecular weight excluding hydrogens is 488 g/mol. The van der Waals surface area contributed by atoms with Crippen molar-refractivity contribution < 1.29 is 15.3 Å². The zero-order valence-corrected chi connectivity index (χ0v) is 21.4. The topological polar surface area (TPSA) is 129 Å². The molecular formula is C24H31ClN6O3S. The second-order valence-corrected chi connectivity index (χ2v) is 11.0. The Hall–Kier alpha value is -1.98. The smallest absolute Gasteiger partial charge is 0.191 e. The third-order valence-corrected chi connectivity index (χ3v) is 8.52. The fraction of sp³-hybridized carbons (Fsp3) is 0.583. The number of fused-ring (bicyclic) bond motifs is 1. The van der Waals surface area contributed by atoms with Crippen LogP contribution in [0.4, 0.5) is 5.82 Å². The molecule has 0 radical (unpaired) electrons. The Morgan fingerprint density at radius 2 is 2.03 bits per heavy atom. The lowest BCUT2D eigenvalue weighted by molar-refractivity contribution is 0.00107. The molecule has 9 nitrogen and oxygen atoms in total. The van der Waals surface area contributed by atoms with E-state index in [1.807, 2.05) is 19.1 Å². The molecule has 1 aromatic carbocycles. The van der Waals surface area contributed by atoms with E-state index in [9.17, 15) is 15.3 Å². The Balaban J connectivity index is 1.44. The second kappa shape index (κ2) is 10.2. The van der Waals surface area contributed by atoms with Gasteiger partial charge in [-0.3, -0.25) is 0 Å². The maximum Gasteiger partial charge on any atom is 0.191 e. The molecule has 11 heteroatoms. The number of rotatable bonds is 9. The van der Waals surface area contributed by atoms with E-state index in [0.717, 1.165) is 29.2 Å². The zero-order chi connectivity index (χ0) is 24.7. The van der Waals surface area contributed by atoms with Crippen molar-refractivity contribution >= 4 is 40.3 Å². The van der Waals surface area contributed by atoms with Gasteiger partial charge in [0.1, 0.15) is 6.10 Å². The predicted molar refractivity (Wildman–Crippen MR) is 136 cm³/mol. The lowest BCUT2D eigenvalue weighted by atomic mass is 10.0. The Bertz CT molecular complexity index is 1210. The molecule has 2 aromatic heterocycles. The third kappa shape index (κ3) is 4.86. The lowest BCUT2D eigenvalue weighted by Gasteiger charge is -2.17. The first kappa shape index (κ1) is 24.7. The molecule has 35 heavy (non-hydrogen) atoms. The minimum Gasteiger partial charge on any atom is -0.396 e. The van der Waals surface area contributed by atoms with Gasteiger partial charge in [0.05, 0.1) is 12.1 Å². The number of aryl methyl sites for hydroxylation is 1. The Kier molecular flexibility index (Phi) is 7.18. The average molecular weight is 519 g/mol. The molecule has 0 aliphatic heterocycles. The third-order valence-electron chi connectivity index (χ3n) is 7.06. The van der Waals surface area contributed by atoms with Crippen molar-refractivity contribution in [3.05, 3.63) is 34.3 Å². The molecule has 4 N–H and O–H groups in total. The maximum atomic E-state index is 10.7. The minimum atomic E-state index is -1.01. The van der Waals surface area contributed by atoms with Crippen LogP contribution in [0.3, 0.4) is 0 Å². The SMILES string of the molecule is CCCSc1nc(NC2CC2c2ccc(C)c(Cl)c2)c2nnn([C@@H]3C[C@H](CCO)[C@@H](O)[C@H]3O)c2n1. The molecule has 2 saturated carbocycles. The molecule has 2 aliphatic rings. The molecule has 6 atom stereocenters. The van der Waals surface area contributed by atoms with Crippen molar-refractivity contribution in [3.8, 4) is 0 Å². The normalized spacial score (nSPS) is 28.1. The summed E-state index contributed by atoms with van der Waals surface area (Å²) in [6.45, 7) is 4.06. The summed E-state index contributed by atoms with van der Waals surface area (Å²) >= 11 is 7.91. The van der Waals surface area contributed by atoms with Crippen LogP contribution in [0.15, 0.2) is 23.4 Å². The summed E-state index contributed by atoms with van der Waals surface area (Å²) in [4.78, 5) is 9.48. The fourth-order valence-electron chi connectivity index (χ4n) is 4.92. The van der Waals surface area contributed by atoms with E-state index < -0.39 is 18.2 Å². The number of anilines is 1. The summed E-state index contributed by atoms with van der Waals surface area (Å²) in [5.74, 6) is 1.64. The van der Waals surface area contributed by atoms with Crippen molar-refractivity contribution in [2.24, 2.45) is 5.92 Å². The number of nitrogens with zero attached hydrogens (tertiary/aromatic N) is 5. The number of hydrogen-bond donors (Lipinski definition) is 4. The number of aliphatic hydroxyl groups is 3. The summed E-state index contributed by atoms with van der Waals surface area (Å²) in [6, 6.07) is 5.94. The molecule has 0 spiro atoms. The fourth-order valence-corrected chi connectivity index (χ4v) is 5.81. The number of nitrogens with one attached hydrogen (secondary N) is 1. The van der Waals surface area contributed by atoms with Crippen molar-refractivity contribution in [2.75, 3.05) is 17.7 Å². The number of aromatic nitrogens is 5. The van der Waals surface area contributed by atoms with Gasteiger partial charge in [-0.2, -0.15) is 0 Å². The number of thioether (sulfide) groups is 1. The standard InChI is InChI=1S/C24H31ClN6O3S/c1-3-8-35-24-27-22(26-17-11-15(17)13-5-4-12(2)16(25)9-13)19-23(28-24)31(30-29-19)18-10-14(6-7-32)20(33)21(18)34/h4-5,9,14-15,17-18,20-21,32-34H,3,6-8,10-11H2,1-2H3,(H,26,27,28)/t14-,15?,17?,18+,20+,21-/m0/s1. The van der Waals surface area contributed by atoms with E-state index in [1.54, 1.807) is 16.4 Å². The number of benzene rings is 1. The highest BCUT2D eigenvalue weighted by Gasteiger charge is 2.44. The van der Waals surface area contributed by atoms with Gasteiger partial charge in [-0.25, -0.2) is 14.6 Å². The molecule has 188 valence electrons. The van der Waals surface area contributed by atoms with Gasteiger partial charge in [0.2, 0.25) is 0 Å². The van der Waals surface area contributed by atoms with Crippen molar-refractivity contribution in [1.82, 2.24) is 25.0 Å². The van der Waals surface area contributed by atoms with E-state index in [-0.39, 0.29) is 18.6 Å². The van der Waals surface area contributed by atoms with Gasteiger partial charge in [0.15, 0.2) is 22.1 Å². The molecule has 2 heterocycles. The van der Waals surface area contributed by atoms with Crippen LogP contribution in [0, 0.1) is 12.8 Å². The van der Waals surface area contributed by atoms with Gasteiger partial charge in [0, 0.05) is 29.3 Å². The summed E-state index contributed by atoms with van der Waals surface area (Å²) in [7, 11) is 0. The van der Waals surface area contributed by atoms with Crippen molar-refractivity contribution in [2.45, 2.75) is 74.9 Å². The summed E-state index contributed by atoms with van der Waals surface area (Å²) in [6.07, 6.45) is 0.938. The van der Waals surface area contributed by atoms with Gasteiger partial charge in [-0.1, -0.05) is 47.6 Å². The largest absolute Gasteiger partial charge is 0.396 e. The lowest BCUT2D eigenvalue weighted by Crippen LogP contribution is -2.30. The molecule has 5 rings (SSSR count). The van der Waals surface area contributed by atoms with Crippen LogP contribution in [-0.4, -0.2) is 70.9 Å². The molecule has 2 unspecified atom stereocenters. The van der Waals surface area contributed by atoms with E-state index in [2.05, 4.69) is 28.6 Å². The van der Waals surface area contributed by atoms with Crippen LogP contribution in [0.5, 0.6) is 0 Å².